The van der Waals surface area contributed by atoms with E-state index in [1.807, 2.05) is 18.2 Å². The quantitative estimate of drug-likeness (QED) is 0.172. The molecule has 0 saturated heterocycles. The van der Waals surface area contributed by atoms with Crippen molar-refractivity contribution in [2.75, 3.05) is 19.5 Å². The van der Waals surface area contributed by atoms with Crippen LogP contribution in [-0.2, 0) is 43.2 Å². The SMILES string of the molecule is COC(=O)CCCc1cc(CNC(=O)OC(C)(C)C)ccc1NC(=O)CC1CCc2cc(Br)cc3[nH]c(C(=O)OC)c1c23. The fraction of sp³-hybridized carbons (Fsp3) is 0.438. The average molecular weight is 657 g/mol. The van der Waals surface area contributed by atoms with Gasteiger partial charge >= 0.3 is 18.0 Å². The number of alkyl carbamates (subject to hydrolysis) is 1. The Hall–Kier alpha value is -3.86. The number of anilines is 1. The number of hydrogen-bond acceptors (Lipinski definition) is 7. The standard InChI is InChI=1S/C32H38BrN3O7/c1-32(2,3)43-31(40)34-17-18-9-12-23(19(13-18)7-6-8-26(38)41-4)35-25(37)15-21-11-10-20-14-22(33)16-24-27(20)28(21)29(36-24)30(39)42-5/h9,12-14,16,21,36H,6-8,10-11,15,17H2,1-5H3,(H,34,40)(H,35,37). The first-order valence-corrected chi connectivity index (χ1v) is 15.1. The molecule has 1 atom stereocenters. The van der Waals surface area contributed by atoms with Crippen LogP contribution in [0.2, 0.25) is 0 Å². The van der Waals surface area contributed by atoms with Gasteiger partial charge < -0.3 is 29.8 Å². The van der Waals surface area contributed by atoms with Crippen molar-refractivity contribution in [2.45, 2.75) is 77.4 Å². The average Bonchev–Trinajstić information content (AvgIpc) is 3.33. The number of carbonyl (C=O) groups excluding carboxylic acids is 4. The van der Waals surface area contributed by atoms with Gasteiger partial charge in [0.1, 0.15) is 11.3 Å². The summed E-state index contributed by atoms with van der Waals surface area (Å²) in [5.74, 6) is -1.15. The largest absolute Gasteiger partial charge is 0.469 e. The molecule has 230 valence electrons. The number of halogens is 1. The topological polar surface area (TPSA) is 136 Å². The van der Waals surface area contributed by atoms with E-state index in [0.29, 0.717) is 30.6 Å². The van der Waals surface area contributed by atoms with E-state index in [1.54, 1.807) is 26.8 Å². The van der Waals surface area contributed by atoms with Crippen molar-refractivity contribution in [3.63, 3.8) is 0 Å². The van der Waals surface area contributed by atoms with E-state index in [1.165, 1.54) is 14.2 Å². The first-order chi connectivity index (χ1) is 20.4. The summed E-state index contributed by atoms with van der Waals surface area (Å²) in [5.41, 5.74) is 4.80. The summed E-state index contributed by atoms with van der Waals surface area (Å²) in [7, 11) is 2.69. The Bertz CT molecular complexity index is 1540. The van der Waals surface area contributed by atoms with Gasteiger partial charge in [0.2, 0.25) is 5.91 Å². The summed E-state index contributed by atoms with van der Waals surface area (Å²) in [6.45, 7) is 5.63. The molecule has 1 unspecified atom stereocenters. The summed E-state index contributed by atoms with van der Waals surface area (Å²) in [5, 5.41) is 6.77. The molecule has 3 N–H and O–H groups in total. The molecule has 0 fully saturated rings. The fourth-order valence-corrected chi connectivity index (χ4v) is 5.98. The minimum absolute atomic E-state index is 0.177. The van der Waals surface area contributed by atoms with Crippen molar-refractivity contribution in [3.8, 4) is 0 Å². The molecular weight excluding hydrogens is 618 g/mol. The normalized spacial score (nSPS) is 14.2. The highest BCUT2D eigenvalue weighted by atomic mass is 79.9. The molecule has 2 amide bonds. The Labute approximate surface area is 259 Å². The highest BCUT2D eigenvalue weighted by Crippen LogP contribution is 2.42. The van der Waals surface area contributed by atoms with Gasteiger partial charge in [-0.25, -0.2) is 9.59 Å². The zero-order valence-corrected chi connectivity index (χ0v) is 26.7. The van der Waals surface area contributed by atoms with Crippen molar-refractivity contribution in [1.29, 1.82) is 0 Å². The summed E-state index contributed by atoms with van der Waals surface area (Å²) in [4.78, 5) is 53.2. The van der Waals surface area contributed by atoms with Crippen LogP contribution in [-0.4, -0.2) is 48.7 Å². The second-order valence-corrected chi connectivity index (χ2v) is 12.6. The van der Waals surface area contributed by atoms with Gasteiger partial charge in [0.15, 0.2) is 0 Å². The van der Waals surface area contributed by atoms with Gasteiger partial charge in [-0.2, -0.15) is 0 Å². The number of aromatic nitrogens is 1. The van der Waals surface area contributed by atoms with E-state index in [2.05, 4.69) is 37.6 Å². The Morgan fingerprint density at radius 2 is 1.84 bits per heavy atom. The Morgan fingerprint density at radius 1 is 1.07 bits per heavy atom. The molecule has 0 saturated carbocycles. The van der Waals surface area contributed by atoms with Crippen LogP contribution in [0.3, 0.4) is 0 Å². The summed E-state index contributed by atoms with van der Waals surface area (Å²) >= 11 is 3.55. The number of ether oxygens (including phenoxy) is 3. The molecule has 43 heavy (non-hydrogen) atoms. The van der Waals surface area contributed by atoms with Gasteiger partial charge in [0.25, 0.3) is 0 Å². The molecule has 1 heterocycles. The lowest BCUT2D eigenvalue weighted by atomic mass is 9.81. The Kier molecular flexibility index (Phi) is 10.2. The number of carbonyl (C=O) groups is 4. The minimum Gasteiger partial charge on any atom is -0.469 e. The van der Waals surface area contributed by atoms with E-state index in [-0.39, 0.29) is 37.2 Å². The number of hydrogen-bond donors (Lipinski definition) is 3. The van der Waals surface area contributed by atoms with Crippen molar-refractivity contribution in [3.05, 3.63) is 62.8 Å². The van der Waals surface area contributed by atoms with Crippen LogP contribution in [0.25, 0.3) is 10.9 Å². The fourth-order valence-electron chi connectivity index (χ4n) is 5.48. The molecule has 2 aromatic carbocycles. The van der Waals surface area contributed by atoms with E-state index in [9.17, 15) is 19.2 Å². The van der Waals surface area contributed by atoms with Gasteiger partial charge in [-0.1, -0.05) is 28.1 Å². The van der Waals surface area contributed by atoms with Crippen LogP contribution < -0.4 is 10.6 Å². The molecule has 0 spiro atoms. The van der Waals surface area contributed by atoms with Crippen molar-refractivity contribution >= 4 is 56.5 Å². The smallest absolute Gasteiger partial charge is 0.407 e. The molecule has 1 aliphatic carbocycles. The summed E-state index contributed by atoms with van der Waals surface area (Å²) in [6.07, 6.45) is 2.41. The van der Waals surface area contributed by atoms with Crippen molar-refractivity contribution in [2.24, 2.45) is 0 Å². The number of methoxy groups -OCH3 is 2. The number of aryl methyl sites for hydroxylation is 2. The Balaban J connectivity index is 1.53. The summed E-state index contributed by atoms with van der Waals surface area (Å²) < 4.78 is 16.1. The lowest BCUT2D eigenvalue weighted by molar-refractivity contribution is -0.140. The minimum atomic E-state index is -0.613. The molecule has 10 nitrogen and oxygen atoms in total. The maximum absolute atomic E-state index is 13.5. The van der Waals surface area contributed by atoms with Crippen LogP contribution in [0.15, 0.2) is 34.8 Å². The molecule has 0 bridgehead atoms. The van der Waals surface area contributed by atoms with Crippen LogP contribution in [0.1, 0.15) is 85.1 Å². The predicted octanol–water partition coefficient (Wildman–Crippen LogP) is 6.30. The maximum atomic E-state index is 13.5. The molecule has 0 aliphatic heterocycles. The third-order valence-corrected chi connectivity index (χ3v) is 7.77. The molecular formula is C32H38BrN3O7. The third-order valence-electron chi connectivity index (χ3n) is 7.31. The highest BCUT2D eigenvalue weighted by Gasteiger charge is 2.31. The van der Waals surface area contributed by atoms with E-state index in [4.69, 9.17) is 14.2 Å². The van der Waals surface area contributed by atoms with Gasteiger partial charge in [-0.15, -0.1) is 0 Å². The number of esters is 2. The lowest BCUT2D eigenvalue weighted by Gasteiger charge is -2.24. The zero-order chi connectivity index (χ0) is 31.3. The zero-order valence-electron chi connectivity index (χ0n) is 25.1. The molecule has 4 rings (SSSR count). The highest BCUT2D eigenvalue weighted by molar-refractivity contribution is 9.10. The first-order valence-electron chi connectivity index (χ1n) is 14.3. The predicted molar refractivity (Wildman–Crippen MR) is 166 cm³/mol. The van der Waals surface area contributed by atoms with Gasteiger partial charge in [-0.05, 0) is 92.8 Å². The van der Waals surface area contributed by atoms with Crippen LogP contribution in [0, 0.1) is 0 Å². The van der Waals surface area contributed by atoms with Crippen LogP contribution in [0.5, 0.6) is 0 Å². The number of nitrogens with one attached hydrogen (secondary N) is 3. The lowest BCUT2D eigenvalue weighted by Crippen LogP contribution is -2.32. The Morgan fingerprint density at radius 3 is 2.53 bits per heavy atom. The van der Waals surface area contributed by atoms with E-state index in [0.717, 1.165) is 44.1 Å². The van der Waals surface area contributed by atoms with E-state index >= 15 is 0 Å². The van der Waals surface area contributed by atoms with Crippen LogP contribution in [0.4, 0.5) is 10.5 Å². The van der Waals surface area contributed by atoms with Crippen LogP contribution >= 0.6 is 15.9 Å². The van der Waals surface area contributed by atoms with Gasteiger partial charge in [-0.3, -0.25) is 9.59 Å². The molecule has 0 radical (unpaired) electrons. The van der Waals surface area contributed by atoms with E-state index < -0.39 is 17.7 Å². The molecule has 1 aromatic heterocycles. The second-order valence-electron chi connectivity index (χ2n) is 11.7. The number of rotatable bonds is 10. The van der Waals surface area contributed by atoms with Crippen molar-refractivity contribution < 1.29 is 33.4 Å². The number of aromatic amines is 1. The number of benzene rings is 2. The first kappa shape index (κ1) is 32.1. The third kappa shape index (κ3) is 8.16. The number of amides is 2. The van der Waals surface area contributed by atoms with Gasteiger partial charge in [0, 0.05) is 40.4 Å². The number of H-pyrrole nitrogens is 1. The maximum Gasteiger partial charge on any atom is 0.407 e. The second kappa shape index (κ2) is 13.6. The summed E-state index contributed by atoms with van der Waals surface area (Å²) in [6, 6.07) is 9.52. The van der Waals surface area contributed by atoms with Crippen molar-refractivity contribution in [1.82, 2.24) is 10.3 Å². The molecule has 11 heteroatoms. The monoisotopic (exact) mass is 655 g/mol. The molecule has 3 aromatic rings. The van der Waals surface area contributed by atoms with Gasteiger partial charge in [0.05, 0.1) is 14.2 Å². The molecule has 1 aliphatic rings.